The highest BCUT2D eigenvalue weighted by molar-refractivity contribution is 7.63. The van der Waals surface area contributed by atoms with Crippen molar-refractivity contribution in [2.24, 2.45) is 0 Å². The molecule has 0 N–H and O–H groups in total. The first-order valence-electron chi connectivity index (χ1n) is 6.84. The average molecular weight is 368 g/mol. The van der Waals surface area contributed by atoms with E-state index in [9.17, 15) is 4.39 Å². The molecule has 0 aliphatic heterocycles. The second-order valence-electron chi connectivity index (χ2n) is 5.31. The van der Waals surface area contributed by atoms with Gasteiger partial charge in [0.05, 0.1) is 26.7 Å². The zero-order valence-electron chi connectivity index (χ0n) is 12.7. The number of rotatable bonds is 2. The molecule has 0 amide bonds. The summed E-state index contributed by atoms with van der Waals surface area (Å²) in [6.45, 7) is 5.94. The Morgan fingerprint density at radius 3 is 2.43 bits per heavy atom. The van der Waals surface area contributed by atoms with Gasteiger partial charge >= 0.3 is 0 Å². The molecule has 0 unspecified atom stereocenters. The second-order valence-corrected chi connectivity index (χ2v) is 8.31. The van der Waals surface area contributed by atoms with Crippen molar-refractivity contribution in [2.45, 2.75) is 6.92 Å². The van der Waals surface area contributed by atoms with E-state index >= 15 is 0 Å². The third-order valence-corrected chi connectivity index (χ3v) is 5.55. The van der Waals surface area contributed by atoms with Crippen LogP contribution in [0.4, 0.5) is 4.39 Å². The van der Waals surface area contributed by atoms with Crippen molar-refractivity contribution in [3.63, 3.8) is 0 Å². The van der Waals surface area contributed by atoms with Crippen LogP contribution in [0.1, 0.15) is 5.69 Å². The Hall–Kier alpha value is -1.35. The summed E-state index contributed by atoms with van der Waals surface area (Å²) in [6, 6.07) is 5.04. The molecular weight excluding hydrogens is 355 g/mol. The van der Waals surface area contributed by atoms with E-state index in [1.54, 1.807) is 13.1 Å². The van der Waals surface area contributed by atoms with Gasteiger partial charge in [0, 0.05) is 17.8 Å². The zero-order valence-corrected chi connectivity index (χ0v) is 15.1. The van der Waals surface area contributed by atoms with E-state index in [2.05, 4.69) is 28.3 Å². The molecule has 3 nitrogen and oxygen atoms in total. The molecule has 0 atom stereocenters. The number of halogens is 3. The second kappa shape index (κ2) is 6.27. The number of aromatic nitrogens is 3. The fourth-order valence-corrected chi connectivity index (χ4v) is 3.28. The summed E-state index contributed by atoms with van der Waals surface area (Å²) in [6.07, 6.45) is 1.63. The topological polar surface area (TPSA) is 38.7 Å². The fraction of sp³-hybridized carbons (Fsp3) is 0.188. The summed E-state index contributed by atoms with van der Waals surface area (Å²) >= 11 is 12.4. The van der Waals surface area contributed by atoms with Gasteiger partial charge in [-0.05, 0) is 32.4 Å². The highest BCUT2D eigenvalue weighted by Gasteiger charge is 2.16. The minimum Gasteiger partial charge on any atom is -0.256 e. The molecule has 0 saturated carbocycles. The van der Waals surface area contributed by atoms with E-state index in [1.165, 1.54) is 6.07 Å². The van der Waals surface area contributed by atoms with Crippen molar-refractivity contribution >= 4 is 47.6 Å². The SMILES string of the molecule is Cc1nc2cc(F)c(-c3ccc(P(C)C)nc3)nc2c(Cl)c1Cl. The Labute approximate surface area is 144 Å². The molecule has 0 fully saturated rings. The van der Waals surface area contributed by atoms with E-state index in [0.29, 0.717) is 27.3 Å². The average Bonchev–Trinajstić information content (AvgIpc) is 2.52. The Morgan fingerprint density at radius 2 is 1.83 bits per heavy atom. The monoisotopic (exact) mass is 367 g/mol. The van der Waals surface area contributed by atoms with E-state index in [0.717, 1.165) is 5.44 Å². The van der Waals surface area contributed by atoms with Crippen molar-refractivity contribution in [3.05, 3.63) is 46.0 Å². The molecule has 0 bridgehead atoms. The summed E-state index contributed by atoms with van der Waals surface area (Å²) in [4.78, 5) is 12.9. The molecule has 0 aliphatic carbocycles. The summed E-state index contributed by atoms with van der Waals surface area (Å²) < 4.78 is 14.4. The van der Waals surface area contributed by atoms with E-state index < -0.39 is 5.82 Å². The maximum atomic E-state index is 14.4. The van der Waals surface area contributed by atoms with Gasteiger partial charge in [-0.3, -0.25) is 4.98 Å². The van der Waals surface area contributed by atoms with Gasteiger partial charge in [0.25, 0.3) is 0 Å². The molecule has 0 aliphatic rings. The van der Waals surface area contributed by atoms with Crippen LogP contribution in [-0.4, -0.2) is 28.3 Å². The van der Waals surface area contributed by atoms with Crippen LogP contribution in [0.25, 0.3) is 22.3 Å². The molecule has 118 valence electrons. The van der Waals surface area contributed by atoms with E-state index in [4.69, 9.17) is 23.2 Å². The van der Waals surface area contributed by atoms with Gasteiger partial charge < -0.3 is 0 Å². The smallest absolute Gasteiger partial charge is 0.151 e. The van der Waals surface area contributed by atoms with Gasteiger partial charge in [0.1, 0.15) is 11.2 Å². The first-order chi connectivity index (χ1) is 10.9. The molecule has 3 heterocycles. The van der Waals surface area contributed by atoms with E-state index in [-0.39, 0.29) is 18.6 Å². The molecule has 0 radical (unpaired) electrons. The highest BCUT2D eigenvalue weighted by atomic mass is 35.5. The number of hydrogen-bond donors (Lipinski definition) is 0. The van der Waals surface area contributed by atoms with Crippen LogP contribution in [0.15, 0.2) is 24.4 Å². The van der Waals surface area contributed by atoms with Gasteiger partial charge in [0.15, 0.2) is 5.82 Å². The fourth-order valence-electron chi connectivity index (χ4n) is 2.21. The third-order valence-electron chi connectivity index (χ3n) is 3.44. The molecule has 23 heavy (non-hydrogen) atoms. The lowest BCUT2D eigenvalue weighted by atomic mass is 10.1. The van der Waals surface area contributed by atoms with Crippen molar-refractivity contribution in [1.29, 1.82) is 0 Å². The normalized spacial score (nSPS) is 11.4. The third kappa shape index (κ3) is 3.03. The minimum absolute atomic E-state index is 0.191. The number of nitrogens with zero attached hydrogens (tertiary/aromatic N) is 3. The maximum Gasteiger partial charge on any atom is 0.151 e. The quantitative estimate of drug-likeness (QED) is 0.610. The molecule has 3 rings (SSSR count). The van der Waals surface area contributed by atoms with Gasteiger partial charge in [-0.1, -0.05) is 31.1 Å². The summed E-state index contributed by atoms with van der Waals surface area (Å²) in [5, 5.41) is 0.617. The first kappa shape index (κ1) is 16.5. The standard InChI is InChI=1S/C16H13Cl2FN3P/c1-8-13(17)14(18)16-11(21-8)6-10(19)15(22-16)9-4-5-12(20-7-9)23(2)3/h4-7H,1-3H3. The van der Waals surface area contributed by atoms with Gasteiger partial charge in [-0.15, -0.1) is 0 Å². The Bertz CT molecular complexity index is 898. The van der Waals surface area contributed by atoms with Crippen LogP contribution in [0.3, 0.4) is 0 Å². The summed E-state index contributed by atoms with van der Waals surface area (Å²) in [7, 11) is -0.300. The van der Waals surface area contributed by atoms with Crippen LogP contribution in [0, 0.1) is 12.7 Å². The molecule has 3 aromatic rings. The lowest BCUT2D eigenvalue weighted by molar-refractivity contribution is 0.628. The lowest BCUT2D eigenvalue weighted by Crippen LogP contribution is -2.04. The van der Waals surface area contributed by atoms with Crippen LogP contribution >= 0.6 is 31.1 Å². The van der Waals surface area contributed by atoms with Crippen molar-refractivity contribution < 1.29 is 4.39 Å². The predicted octanol–water partition coefficient (Wildman–Crippen LogP) is 4.81. The minimum atomic E-state index is -0.465. The lowest BCUT2D eigenvalue weighted by Gasteiger charge is -2.09. The van der Waals surface area contributed by atoms with Gasteiger partial charge in [-0.2, -0.15) is 0 Å². The van der Waals surface area contributed by atoms with Crippen LogP contribution in [0.2, 0.25) is 10.0 Å². The molecule has 0 saturated heterocycles. The largest absolute Gasteiger partial charge is 0.256 e. The number of pyridine rings is 3. The predicted molar refractivity (Wildman–Crippen MR) is 95.9 cm³/mol. The summed E-state index contributed by atoms with van der Waals surface area (Å²) in [5.41, 5.74) is 3.10. The Kier molecular flexibility index (Phi) is 4.50. The Morgan fingerprint density at radius 1 is 1.09 bits per heavy atom. The first-order valence-corrected chi connectivity index (χ1v) is 9.83. The molecule has 7 heteroatoms. The number of fused-ring (bicyclic) bond motifs is 1. The highest BCUT2D eigenvalue weighted by Crippen LogP contribution is 2.33. The molecule has 0 aromatic carbocycles. The zero-order chi connectivity index (χ0) is 16.7. The number of aryl methyl sites for hydroxylation is 1. The Balaban J connectivity index is 2.19. The van der Waals surface area contributed by atoms with Crippen LogP contribution in [-0.2, 0) is 0 Å². The van der Waals surface area contributed by atoms with Crippen molar-refractivity contribution in [2.75, 3.05) is 13.3 Å². The van der Waals surface area contributed by atoms with E-state index in [1.807, 2.05) is 12.1 Å². The molecular formula is C16H13Cl2FN3P. The number of hydrogen-bond acceptors (Lipinski definition) is 3. The van der Waals surface area contributed by atoms with Gasteiger partial charge in [-0.25, -0.2) is 14.4 Å². The van der Waals surface area contributed by atoms with Crippen LogP contribution in [0.5, 0.6) is 0 Å². The van der Waals surface area contributed by atoms with Gasteiger partial charge in [0.2, 0.25) is 0 Å². The summed E-state index contributed by atoms with van der Waals surface area (Å²) in [5.74, 6) is -0.465. The molecule has 0 spiro atoms. The van der Waals surface area contributed by atoms with Crippen LogP contribution < -0.4 is 5.44 Å². The van der Waals surface area contributed by atoms with Crippen molar-refractivity contribution in [3.8, 4) is 11.3 Å². The maximum absolute atomic E-state index is 14.4. The van der Waals surface area contributed by atoms with Crippen molar-refractivity contribution in [1.82, 2.24) is 15.0 Å². The molecule has 3 aromatic heterocycles.